The summed E-state index contributed by atoms with van der Waals surface area (Å²) >= 11 is 6.03. The Bertz CT molecular complexity index is 924. The van der Waals surface area contributed by atoms with Crippen LogP contribution in [0, 0.1) is 0 Å². The summed E-state index contributed by atoms with van der Waals surface area (Å²) in [7, 11) is 5.20. The number of para-hydroxylation sites is 2. The smallest absolute Gasteiger partial charge is 0.322 e. The molecule has 2 aromatic carbocycles. The first-order valence-corrected chi connectivity index (χ1v) is 8.78. The highest BCUT2D eigenvalue weighted by Gasteiger charge is 2.27. The maximum atomic E-state index is 13.0. The van der Waals surface area contributed by atoms with Crippen molar-refractivity contribution in [1.82, 2.24) is 14.5 Å². The van der Waals surface area contributed by atoms with Gasteiger partial charge in [-0.3, -0.25) is 0 Å². The molecule has 2 amide bonds. The van der Waals surface area contributed by atoms with E-state index in [4.69, 9.17) is 16.3 Å². The van der Waals surface area contributed by atoms with Crippen molar-refractivity contribution < 1.29 is 9.53 Å². The molecule has 0 aliphatic carbocycles. The Balaban J connectivity index is 1.93. The molecule has 0 unspecified atom stereocenters. The number of hydrogen-bond acceptors (Lipinski definition) is 3. The maximum Gasteiger partial charge on any atom is 0.322 e. The van der Waals surface area contributed by atoms with Gasteiger partial charge >= 0.3 is 6.03 Å². The number of rotatable bonds is 5. The summed E-state index contributed by atoms with van der Waals surface area (Å²) in [6.07, 6.45) is 3.56. The molecule has 1 aromatic heterocycles. The number of nitrogens with one attached hydrogen (secondary N) is 1. The first kappa shape index (κ1) is 18.8. The Kier molecular flexibility index (Phi) is 5.66. The monoisotopic (exact) mass is 384 g/mol. The highest BCUT2D eigenvalue weighted by molar-refractivity contribution is 6.30. The Labute approximate surface area is 163 Å². The lowest BCUT2D eigenvalue weighted by Gasteiger charge is -2.28. The second-order valence-corrected chi connectivity index (χ2v) is 6.53. The van der Waals surface area contributed by atoms with Crippen molar-refractivity contribution in [2.24, 2.45) is 7.05 Å². The first-order chi connectivity index (χ1) is 13.0. The first-order valence-electron chi connectivity index (χ1n) is 8.40. The van der Waals surface area contributed by atoms with E-state index >= 15 is 0 Å². The summed E-state index contributed by atoms with van der Waals surface area (Å²) in [5, 5.41) is 3.54. The van der Waals surface area contributed by atoms with Gasteiger partial charge in [-0.25, -0.2) is 9.78 Å². The number of amides is 2. The maximum absolute atomic E-state index is 13.0. The van der Waals surface area contributed by atoms with Crippen LogP contribution >= 0.6 is 11.6 Å². The summed E-state index contributed by atoms with van der Waals surface area (Å²) in [6, 6.07) is 14.0. The molecule has 1 heterocycles. The van der Waals surface area contributed by atoms with Crippen LogP contribution in [0.4, 0.5) is 10.5 Å². The Morgan fingerprint density at radius 3 is 2.56 bits per heavy atom. The molecule has 0 saturated carbocycles. The van der Waals surface area contributed by atoms with Gasteiger partial charge in [-0.2, -0.15) is 0 Å². The number of halogens is 1. The molecule has 7 heteroatoms. The topological polar surface area (TPSA) is 59.4 Å². The highest BCUT2D eigenvalue weighted by atomic mass is 35.5. The number of carbonyl (C=O) groups excluding carboxylic acids is 1. The molecule has 0 bridgehead atoms. The van der Waals surface area contributed by atoms with Gasteiger partial charge in [0.05, 0.1) is 12.8 Å². The lowest BCUT2D eigenvalue weighted by molar-refractivity contribution is 0.209. The lowest BCUT2D eigenvalue weighted by atomic mass is 10.1. The summed E-state index contributed by atoms with van der Waals surface area (Å²) in [5.74, 6) is 1.34. The van der Waals surface area contributed by atoms with E-state index in [0.717, 1.165) is 11.4 Å². The van der Waals surface area contributed by atoms with Crippen molar-refractivity contribution in [3.63, 3.8) is 0 Å². The average Bonchev–Trinajstić information content (AvgIpc) is 3.09. The Hall–Kier alpha value is -2.99. The predicted molar refractivity (Wildman–Crippen MR) is 106 cm³/mol. The molecular weight excluding hydrogens is 364 g/mol. The molecule has 0 saturated heterocycles. The normalized spacial score (nSPS) is 11.7. The fraction of sp³-hybridized carbons (Fsp3) is 0.200. The van der Waals surface area contributed by atoms with Crippen molar-refractivity contribution in [2.75, 3.05) is 19.5 Å². The molecule has 3 rings (SSSR count). The number of aromatic nitrogens is 2. The van der Waals surface area contributed by atoms with Crippen LogP contribution in [0.5, 0.6) is 5.75 Å². The Morgan fingerprint density at radius 2 is 1.93 bits per heavy atom. The number of imidazole rings is 1. The zero-order valence-corrected chi connectivity index (χ0v) is 16.1. The van der Waals surface area contributed by atoms with Gasteiger partial charge in [0.2, 0.25) is 0 Å². The number of urea groups is 1. The van der Waals surface area contributed by atoms with E-state index in [-0.39, 0.29) is 12.1 Å². The zero-order chi connectivity index (χ0) is 19.4. The molecule has 0 aliphatic rings. The van der Waals surface area contributed by atoms with Crippen LogP contribution in [0.2, 0.25) is 5.02 Å². The van der Waals surface area contributed by atoms with Gasteiger partial charge in [-0.05, 0) is 29.8 Å². The molecule has 0 fully saturated rings. The Morgan fingerprint density at radius 1 is 1.22 bits per heavy atom. The van der Waals surface area contributed by atoms with Gasteiger partial charge in [0.15, 0.2) is 0 Å². The van der Waals surface area contributed by atoms with Gasteiger partial charge in [0, 0.05) is 31.5 Å². The quantitative estimate of drug-likeness (QED) is 0.712. The molecule has 1 N–H and O–H groups in total. The van der Waals surface area contributed by atoms with Crippen molar-refractivity contribution in [1.29, 1.82) is 0 Å². The fourth-order valence-corrected chi connectivity index (χ4v) is 3.03. The van der Waals surface area contributed by atoms with Crippen molar-refractivity contribution >= 4 is 23.3 Å². The SMILES string of the molecule is COc1ccccc1NC(=O)N(C)[C@H](c1ccc(Cl)cc1)c1nccn1C. The third-order valence-electron chi connectivity index (χ3n) is 4.34. The zero-order valence-electron chi connectivity index (χ0n) is 15.4. The lowest BCUT2D eigenvalue weighted by Crippen LogP contribution is -2.36. The third-order valence-corrected chi connectivity index (χ3v) is 4.60. The van der Waals surface area contributed by atoms with E-state index in [1.807, 2.05) is 42.1 Å². The van der Waals surface area contributed by atoms with Crippen molar-refractivity contribution in [3.8, 4) is 5.75 Å². The van der Waals surface area contributed by atoms with Crippen LogP contribution in [0.1, 0.15) is 17.4 Å². The molecule has 27 heavy (non-hydrogen) atoms. The minimum absolute atomic E-state index is 0.276. The summed E-state index contributed by atoms with van der Waals surface area (Å²) in [6.45, 7) is 0. The number of nitrogens with zero attached hydrogens (tertiary/aromatic N) is 3. The fourth-order valence-electron chi connectivity index (χ4n) is 2.90. The van der Waals surface area contributed by atoms with Crippen LogP contribution in [-0.4, -0.2) is 34.6 Å². The van der Waals surface area contributed by atoms with Gasteiger partial charge in [0.25, 0.3) is 0 Å². The number of benzene rings is 2. The van der Waals surface area contributed by atoms with E-state index in [2.05, 4.69) is 10.3 Å². The molecule has 0 aliphatic heterocycles. The average molecular weight is 385 g/mol. The van der Waals surface area contributed by atoms with E-state index in [0.29, 0.717) is 16.5 Å². The van der Waals surface area contributed by atoms with Crippen LogP contribution in [0.15, 0.2) is 60.9 Å². The number of carbonyl (C=O) groups is 1. The van der Waals surface area contributed by atoms with Crippen LogP contribution in [0.25, 0.3) is 0 Å². The van der Waals surface area contributed by atoms with Gasteiger partial charge in [-0.15, -0.1) is 0 Å². The van der Waals surface area contributed by atoms with Crippen LogP contribution < -0.4 is 10.1 Å². The largest absolute Gasteiger partial charge is 0.495 e. The predicted octanol–water partition coefficient (Wildman–Crippen LogP) is 4.34. The highest BCUT2D eigenvalue weighted by Crippen LogP contribution is 2.29. The van der Waals surface area contributed by atoms with Crippen molar-refractivity contribution in [2.45, 2.75) is 6.04 Å². The van der Waals surface area contributed by atoms with Crippen LogP contribution in [0.3, 0.4) is 0 Å². The summed E-state index contributed by atoms with van der Waals surface area (Å²) < 4.78 is 7.21. The number of aryl methyl sites for hydroxylation is 1. The second-order valence-electron chi connectivity index (χ2n) is 6.09. The van der Waals surface area contributed by atoms with E-state index in [1.165, 1.54) is 0 Å². The molecule has 140 valence electrons. The minimum Gasteiger partial charge on any atom is -0.495 e. The molecule has 0 spiro atoms. The van der Waals surface area contributed by atoms with E-state index in [1.54, 1.807) is 49.5 Å². The molecule has 0 radical (unpaired) electrons. The van der Waals surface area contributed by atoms with E-state index < -0.39 is 0 Å². The van der Waals surface area contributed by atoms with E-state index in [9.17, 15) is 4.79 Å². The van der Waals surface area contributed by atoms with Gasteiger partial charge in [-0.1, -0.05) is 35.9 Å². The second kappa shape index (κ2) is 8.14. The number of anilines is 1. The summed E-state index contributed by atoms with van der Waals surface area (Å²) in [5.41, 5.74) is 1.51. The summed E-state index contributed by atoms with van der Waals surface area (Å²) in [4.78, 5) is 19.0. The molecular formula is C20H21ClN4O2. The van der Waals surface area contributed by atoms with Crippen LogP contribution in [-0.2, 0) is 7.05 Å². The molecule has 1 atom stereocenters. The number of ether oxygens (including phenoxy) is 1. The molecule has 6 nitrogen and oxygen atoms in total. The van der Waals surface area contributed by atoms with Crippen molar-refractivity contribution in [3.05, 3.63) is 77.3 Å². The number of hydrogen-bond donors (Lipinski definition) is 1. The van der Waals surface area contributed by atoms with Gasteiger partial charge in [0.1, 0.15) is 17.6 Å². The third kappa shape index (κ3) is 4.06. The number of methoxy groups -OCH3 is 1. The van der Waals surface area contributed by atoms with Gasteiger partial charge < -0.3 is 19.5 Å². The minimum atomic E-state index is -0.378. The standard InChI is InChI=1S/C20H21ClN4O2/c1-24-13-12-22-19(24)18(14-8-10-15(21)11-9-14)25(2)20(26)23-16-6-4-5-7-17(16)27-3/h4-13,18H,1-3H3,(H,23,26)/t18-/m1/s1. The molecule has 3 aromatic rings.